The zero-order valence-corrected chi connectivity index (χ0v) is 38.4. The highest BCUT2D eigenvalue weighted by molar-refractivity contribution is 6.09. The summed E-state index contributed by atoms with van der Waals surface area (Å²) in [6.45, 7) is 20.8. The van der Waals surface area contributed by atoms with Gasteiger partial charge in [0.2, 0.25) is 0 Å². The highest BCUT2D eigenvalue weighted by atomic mass is 15.1. The Hall–Kier alpha value is -6.70. The lowest BCUT2D eigenvalue weighted by atomic mass is 9.78. The Bertz CT molecular complexity index is 3050. The number of hydrogen-bond donors (Lipinski definition) is 0. The van der Waals surface area contributed by atoms with Gasteiger partial charge in [-0.15, -0.1) is 0 Å². The zero-order valence-electron chi connectivity index (χ0n) is 38.4. The molecule has 0 aromatic heterocycles. The number of para-hydroxylation sites is 1. The summed E-state index contributed by atoms with van der Waals surface area (Å²) < 4.78 is 0. The molecule has 0 amide bonds. The molecule has 1 nitrogen and oxygen atoms in total. The van der Waals surface area contributed by atoms with Crippen LogP contribution in [0.2, 0.25) is 0 Å². The van der Waals surface area contributed by atoms with E-state index in [1.165, 1.54) is 82.7 Å². The Morgan fingerprint density at radius 2 is 0.841 bits per heavy atom. The molecular weight excluding hydrogens is 759 g/mol. The normalized spacial score (nSPS) is 12.2. The van der Waals surface area contributed by atoms with Gasteiger partial charge in [0, 0.05) is 16.8 Å². The van der Waals surface area contributed by atoms with Crippen LogP contribution >= 0.6 is 0 Å². The van der Waals surface area contributed by atoms with Crippen LogP contribution in [0.15, 0.2) is 194 Å². The fourth-order valence-electron chi connectivity index (χ4n) is 9.09. The maximum atomic E-state index is 2.51. The third-order valence-electron chi connectivity index (χ3n) is 12.7. The quantitative estimate of drug-likeness (QED) is 0.155. The van der Waals surface area contributed by atoms with Crippen LogP contribution in [-0.4, -0.2) is 0 Å². The van der Waals surface area contributed by atoms with Gasteiger partial charge in [-0.25, -0.2) is 0 Å². The Balaban J connectivity index is 1.34. The van der Waals surface area contributed by atoms with Crippen molar-refractivity contribution in [2.24, 2.45) is 0 Å². The molecule has 0 radical (unpaired) electrons. The third-order valence-corrected chi connectivity index (χ3v) is 12.7. The molecule has 9 rings (SSSR count). The molecule has 0 saturated heterocycles. The second-order valence-corrected chi connectivity index (χ2v) is 20.3. The lowest BCUT2D eigenvalue weighted by Gasteiger charge is -2.31. The summed E-state index contributed by atoms with van der Waals surface area (Å²) in [7, 11) is 0. The minimum absolute atomic E-state index is 0.00387. The van der Waals surface area contributed by atoms with Crippen molar-refractivity contribution in [3.05, 3.63) is 211 Å². The second-order valence-electron chi connectivity index (χ2n) is 20.3. The van der Waals surface area contributed by atoms with Crippen molar-refractivity contribution in [1.82, 2.24) is 0 Å². The average molecular weight is 818 g/mol. The van der Waals surface area contributed by atoms with Gasteiger partial charge in [-0.2, -0.15) is 0 Å². The fraction of sp³-hybridized carbons (Fsp3) is 0.194. The molecule has 9 aromatic carbocycles. The summed E-state index contributed by atoms with van der Waals surface area (Å²) in [6, 6.07) is 72.5. The molecule has 0 fully saturated rings. The van der Waals surface area contributed by atoms with E-state index in [0.717, 1.165) is 17.1 Å². The molecule has 0 bridgehead atoms. The number of benzene rings is 9. The minimum Gasteiger partial charge on any atom is -0.309 e. The lowest BCUT2D eigenvalue weighted by Crippen LogP contribution is -2.16. The zero-order chi connectivity index (χ0) is 44.1. The third kappa shape index (κ3) is 8.21. The first-order chi connectivity index (χ1) is 30.1. The number of fused-ring (bicyclic) bond motifs is 2. The molecule has 63 heavy (non-hydrogen) atoms. The maximum absolute atomic E-state index is 2.51. The van der Waals surface area contributed by atoms with Gasteiger partial charge in [0.1, 0.15) is 0 Å². The van der Waals surface area contributed by atoms with Gasteiger partial charge in [-0.3, -0.25) is 0 Å². The maximum Gasteiger partial charge on any atom is 0.0546 e. The highest BCUT2D eigenvalue weighted by Gasteiger charge is 2.26. The van der Waals surface area contributed by atoms with E-state index in [2.05, 4.69) is 261 Å². The molecular formula is C62H59N. The van der Waals surface area contributed by atoms with Gasteiger partial charge in [0.25, 0.3) is 0 Å². The topological polar surface area (TPSA) is 3.24 Å². The van der Waals surface area contributed by atoms with E-state index in [1.807, 2.05) is 0 Å². The van der Waals surface area contributed by atoms with Crippen LogP contribution in [-0.2, 0) is 16.2 Å². The molecule has 0 heterocycles. The van der Waals surface area contributed by atoms with Crippen LogP contribution < -0.4 is 4.90 Å². The molecule has 0 atom stereocenters. The van der Waals surface area contributed by atoms with Crippen molar-refractivity contribution in [2.75, 3.05) is 4.90 Å². The van der Waals surface area contributed by atoms with Crippen LogP contribution in [0, 0.1) is 0 Å². The van der Waals surface area contributed by atoms with Gasteiger partial charge in [-0.1, -0.05) is 232 Å². The van der Waals surface area contributed by atoms with E-state index < -0.39 is 0 Å². The van der Waals surface area contributed by atoms with E-state index in [-0.39, 0.29) is 16.2 Å². The molecule has 9 aromatic rings. The number of rotatable bonds is 7. The molecule has 0 spiro atoms. The minimum atomic E-state index is -0.00387. The van der Waals surface area contributed by atoms with Gasteiger partial charge < -0.3 is 4.90 Å². The van der Waals surface area contributed by atoms with Crippen molar-refractivity contribution in [3.63, 3.8) is 0 Å². The summed E-state index contributed by atoms with van der Waals surface area (Å²) in [5, 5.41) is 4.96. The van der Waals surface area contributed by atoms with Gasteiger partial charge in [0.15, 0.2) is 0 Å². The highest BCUT2D eigenvalue weighted by Crippen LogP contribution is 2.49. The summed E-state index contributed by atoms with van der Waals surface area (Å²) in [6.07, 6.45) is 0. The summed E-state index contributed by atoms with van der Waals surface area (Å²) >= 11 is 0. The van der Waals surface area contributed by atoms with Crippen LogP contribution in [0.3, 0.4) is 0 Å². The van der Waals surface area contributed by atoms with Crippen LogP contribution in [0.25, 0.3) is 66.1 Å². The standard InChI is InChI=1S/C62H59N/c1-60(2,3)47-33-35-50(36-34-47)63(58-40-45(32-37-53(58)43-20-11-10-12-21-43)52-28-17-23-42-22-13-14-26-51(42)52)57-31-16-15-27-55(57)56-30-19-25-44-24-18-29-54(59(44)56)46-38-48(61(4,5)6)41-49(39-46)62(7,8)9/h10-41H,1-9H3. The summed E-state index contributed by atoms with van der Waals surface area (Å²) in [4.78, 5) is 2.51. The SMILES string of the molecule is CC(C)(C)c1ccc(N(c2cc(-c3cccc4ccccc34)ccc2-c2ccccc2)c2ccccc2-c2cccc3cccc(-c4cc(C(C)(C)C)cc(C(C)(C)C)c4)c23)cc1. The van der Waals surface area contributed by atoms with Crippen LogP contribution in [0.5, 0.6) is 0 Å². The first-order valence-corrected chi connectivity index (χ1v) is 22.5. The van der Waals surface area contributed by atoms with Crippen molar-refractivity contribution in [3.8, 4) is 44.5 Å². The Kier molecular flexibility index (Phi) is 10.7. The first kappa shape index (κ1) is 41.6. The Morgan fingerprint density at radius 3 is 1.51 bits per heavy atom. The molecule has 0 saturated carbocycles. The average Bonchev–Trinajstić information content (AvgIpc) is 3.28. The molecule has 1 heteroatoms. The van der Waals surface area contributed by atoms with Crippen molar-refractivity contribution in [2.45, 2.75) is 78.6 Å². The van der Waals surface area contributed by atoms with Crippen molar-refractivity contribution in [1.29, 1.82) is 0 Å². The van der Waals surface area contributed by atoms with Gasteiger partial charge >= 0.3 is 0 Å². The Morgan fingerprint density at radius 1 is 0.302 bits per heavy atom. The second kappa shape index (κ2) is 16.2. The summed E-state index contributed by atoms with van der Waals surface area (Å²) in [5.41, 5.74) is 17.0. The van der Waals surface area contributed by atoms with Gasteiger partial charge in [-0.05, 0) is 112 Å². The monoisotopic (exact) mass is 817 g/mol. The van der Waals surface area contributed by atoms with E-state index in [9.17, 15) is 0 Å². The smallest absolute Gasteiger partial charge is 0.0546 e. The molecule has 0 unspecified atom stereocenters. The molecule has 0 aliphatic heterocycles. The lowest BCUT2D eigenvalue weighted by molar-refractivity contribution is 0.569. The first-order valence-electron chi connectivity index (χ1n) is 22.5. The van der Waals surface area contributed by atoms with E-state index in [1.54, 1.807) is 0 Å². The summed E-state index contributed by atoms with van der Waals surface area (Å²) in [5.74, 6) is 0. The van der Waals surface area contributed by atoms with Crippen molar-refractivity contribution < 1.29 is 0 Å². The number of anilines is 3. The Labute approximate surface area is 375 Å². The van der Waals surface area contributed by atoms with E-state index in [0.29, 0.717) is 0 Å². The van der Waals surface area contributed by atoms with Crippen LogP contribution in [0.4, 0.5) is 17.1 Å². The van der Waals surface area contributed by atoms with E-state index in [4.69, 9.17) is 0 Å². The van der Waals surface area contributed by atoms with Gasteiger partial charge in [0.05, 0.1) is 11.4 Å². The molecule has 0 aliphatic carbocycles. The fourth-order valence-corrected chi connectivity index (χ4v) is 9.09. The predicted octanol–water partition coefficient (Wildman–Crippen LogP) is 18.0. The molecule has 312 valence electrons. The van der Waals surface area contributed by atoms with Crippen molar-refractivity contribution >= 4 is 38.6 Å². The van der Waals surface area contributed by atoms with Crippen LogP contribution in [0.1, 0.15) is 79.0 Å². The number of nitrogens with zero attached hydrogens (tertiary/aromatic N) is 1. The predicted molar refractivity (Wildman–Crippen MR) is 274 cm³/mol. The van der Waals surface area contributed by atoms with E-state index >= 15 is 0 Å². The number of hydrogen-bond acceptors (Lipinski definition) is 1. The molecule has 0 N–H and O–H groups in total. The largest absolute Gasteiger partial charge is 0.309 e. The molecule has 0 aliphatic rings.